The Hall–Kier alpha value is -1.02. The van der Waals surface area contributed by atoms with Gasteiger partial charge in [0, 0.05) is 18.1 Å². The van der Waals surface area contributed by atoms with E-state index in [1.807, 2.05) is 24.0 Å². The Morgan fingerprint density at radius 1 is 1.41 bits per heavy atom. The first-order valence-corrected chi connectivity index (χ1v) is 6.63. The van der Waals surface area contributed by atoms with Crippen LogP contribution in [0.25, 0.3) is 0 Å². The van der Waals surface area contributed by atoms with Gasteiger partial charge in [-0.2, -0.15) is 0 Å². The summed E-state index contributed by atoms with van der Waals surface area (Å²) in [5.41, 5.74) is 2.22. The van der Waals surface area contributed by atoms with Gasteiger partial charge in [0.1, 0.15) is 0 Å². The molecule has 1 aromatic carbocycles. The Balaban J connectivity index is 2.15. The number of carbonyl (C=O) groups excluding carboxylic acids is 1. The minimum absolute atomic E-state index is 0.242. The van der Waals surface area contributed by atoms with Crippen molar-refractivity contribution < 1.29 is 4.79 Å². The van der Waals surface area contributed by atoms with Gasteiger partial charge in [-0.3, -0.25) is 4.79 Å². The zero-order chi connectivity index (χ0) is 12.0. The van der Waals surface area contributed by atoms with Crippen molar-refractivity contribution in [1.29, 1.82) is 0 Å². The Morgan fingerprint density at radius 3 is 2.76 bits per heavy atom. The van der Waals surface area contributed by atoms with Crippen LogP contribution in [0.3, 0.4) is 0 Å². The predicted molar refractivity (Wildman–Crippen MR) is 68.1 cm³/mol. The highest BCUT2D eigenvalue weighted by molar-refractivity contribution is 6.30. The van der Waals surface area contributed by atoms with Crippen LogP contribution in [0, 0.1) is 0 Å². The maximum atomic E-state index is 12.5. The standard InChI is InChI=1S/C14H16ClNO/c1-2-16-9-10-4-5-11(15)8-12(10)14(13(16)17)6-3-7-14/h4-5,8H,2-3,6-7,9H2,1H3. The van der Waals surface area contributed by atoms with Crippen LogP contribution < -0.4 is 0 Å². The van der Waals surface area contributed by atoms with Crippen LogP contribution in [-0.2, 0) is 16.8 Å². The molecule has 2 aliphatic rings. The normalized spacial score (nSPS) is 21.3. The lowest BCUT2D eigenvalue weighted by Crippen LogP contribution is -2.54. The second-order valence-electron chi connectivity index (χ2n) is 5.06. The van der Waals surface area contributed by atoms with Crippen LogP contribution in [0.4, 0.5) is 0 Å². The molecule has 0 N–H and O–H groups in total. The first kappa shape index (κ1) is 11.1. The molecule has 1 spiro atoms. The number of benzene rings is 1. The molecule has 2 nitrogen and oxygen atoms in total. The average Bonchev–Trinajstić information content (AvgIpc) is 2.26. The number of nitrogens with zero attached hydrogens (tertiary/aromatic N) is 1. The lowest BCUT2D eigenvalue weighted by molar-refractivity contribution is -0.142. The molecule has 0 bridgehead atoms. The molecule has 3 rings (SSSR count). The van der Waals surface area contributed by atoms with Crippen LogP contribution >= 0.6 is 11.6 Å². The van der Waals surface area contributed by atoms with Gasteiger partial charge in [0.05, 0.1) is 5.41 Å². The van der Waals surface area contributed by atoms with Crippen molar-refractivity contribution in [1.82, 2.24) is 4.90 Å². The zero-order valence-corrected chi connectivity index (χ0v) is 10.8. The number of rotatable bonds is 1. The lowest BCUT2D eigenvalue weighted by Gasteiger charge is -2.48. The lowest BCUT2D eigenvalue weighted by atomic mass is 9.61. The van der Waals surface area contributed by atoms with Gasteiger partial charge < -0.3 is 4.90 Å². The van der Waals surface area contributed by atoms with Gasteiger partial charge in [-0.15, -0.1) is 0 Å². The summed E-state index contributed by atoms with van der Waals surface area (Å²) in [4.78, 5) is 14.5. The molecule has 1 aromatic rings. The number of halogens is 1. The number of amides is 1. The van der Waals surface area contributed by atoms with Crippen LogP contribution in [0.15, 0.2) is 18.2 Å². The second-order valence-corrected chi connectivity index (χ2v) is 5.49. The summed E-state index contributed by atoms with van der Waals surface area (Å²) >= 11 is 6.08. The van der Waals surface area contributed by atoms with E-state index in [0.717, 1.165) is 37.4 Å². The quantitative estimate of drug-likeness (QED) is 0.749. The van der Waals surface area contributed by atoms with Crippen LogP contribution in [-0.4, -0.2) is 17.4 Å². The summed E-state index contributed by atoms with van der Waals surface area (Å²) < 4.78 is 0. The monoisotopic (exact) mass is 249 g/mol. The van der Waals surface area contributed by atoms with Crippen LogP contribution in [0.2, 0.25) is 5.02 Å². The van der Waals surface area contributed by atoms with Crippen molar-refractivity contribution in [3.8, 4) is 0 Å². The molecular formula is C14H16ClNO. The summed E-state index contributed by atoms with van der Waals surface area (Å²) in [7, 11) is 0. The molecule has 90 valence electrons. The fourth-order valence-corrected chi connectivity index (χ4v) is 3.27. The van der Waals surface area contributed by atoms with E-state index in [2.05, 4.69) is 6.07 Å². The van der Waals surface area contributed by atoms with E-state index >= 15 is 0 Å². The third-order valence-electron chi connectivity index (χ3n) is 4.23. The summed E-state index contributed by atoms with van der Waals surface area (Å²) in [6.07, 6.45) is 3.11. The number of likely N-dealkylation sites (N-methyl/N-ethyl adjacent to an activating group) is 1. The highest BCUT2D eigenvalue weighted by atomic mass is 35.5. The Kier molecular flexibility index (Phi) is 2.44. The van der Waals surface area contributed by atoms with E-state index in [1.165, 1.54) is 11.1 Å². The summed E-state index contributed by atoms with van der Waals surface area (Å²) in [6.45, 7) is 3.58. The van der Waals surface area contributed by atoms with Crippen molar-refractivity contribution in [3.63, 3.8) is 0 Å². The van der Waals surface area contributed by atoms with Crippen molar-refractivity contribution in [3.05, 3.63) is 34.3 Å². The molecule has 3 heteroatoms. The highest BCUT2D eigenvalue weighted by Crippen LogP contribution is 2.49. The van der Waals surface area contributed by atoms with Crippen molar-refractivity contribution in [2.45, 2.75) is 38.1 Å². The topological polar surface area (TPSA) is 20.3 Å². The Labute approximate surface area is 107 Å². The van der Waals surface area contributed by atoms with E-state index in [4.69, 9.17) is 11.6 Å². The van der Waals surface area contributed by atoms with Crippen molar-refractivity contribution in [2.75, 3.05) is 6.54 Å². The van der Waals surface area contributed by atoms with E-state index in [9.17, 15) is 4.79 Å². The first-order valence-electron chi connectivity index (χ1n) is 6.25. The van der Waals surface area contributed by atoms with Gasteiger partial charge in [0.15, 0.2) is 0 Å². The molecule has 17 heavy (non-hydrogen) atoms. The van der Waals surface area contributed by atoms with E-state index in [-0.39, 0.29) is 5.41 Å². The van der Waals surface area contributed by atoms with Crippen molar-refractivity contribution >= 4 is 17.5 Å². The third kappa shape index (κ3) is 1.43. The number of hydrogen-bond donors (Lipinski definition) is 0. The van der Waals surface area contributed by atoms with Gasteiger partial charge in [0.2, 0.25) is 5.91 Å². The fraction of sp³-hybridized carbons (Fsp3) is 0.500. The first-order chi connectivity index (χ1) is 8.17. The molecule has 1 fully saturated rings. The molecule has 1 aliphatic carbocycles. The minimum atomic E-state index is -0.242. The predicted octanol–water partition coefficient (Wildman–Crippen LogP) is 3.12. The number of fused-ring (bicyclic) bond motifs is 2. The maximum Gasteiger partial charge on any atom is 0.233 e. The average molecular weight is 250 g/mol. The number of carbonyl (C=O) groups is 1. The van der Waals surface area contributed by atoms with Gasteiger partial charge in [0.25, 0.3) is 0 Å². The van der Waals surface area contributed by atoms with Gasteiger partial charge in [-0.1, -0.05) is 24.1 Å². The minimum Gasteiger partial charge on any atom is -0.338 e. The van der Waals surface area contributed by atoms with Gasteiger partial charge in [-0.05, 0) is 43.0 Å². The second kappa shape index (κ2) is 3.74. The summed E-state index contributed by atoms with van der Waals surface area (Å²) in [5, 5.41) is 0.743. The summed E-state index contributed by atoms with van der Waals surface area (Å²) in [6, 6.07) is 6.00. The van der Waals surface area contributed by atoms with Crippen LogP contribution in [0.1, 0.15) is 37.3 Å². The number of hydrogen-bond acceptors (Lipinski definition) is 1. The Bertz CT molecular complexity index is 479. The molecule has 1 amide bonds. The van der Waals surface area contributed by atoms with E-state index in [0.29, 0.717) is 5.91 Å². The van der Waals surface area contributed by atoms with E-state index in [1.54, 1.807) is 0 Å². The molecule has 0 saturated heterocycles. The van der Waals surface area contributed by atoms with Gasteiger partial charge in [-0.25, -0.2) is 0 Å². The van der Waals surface area contributed by atoms with Gasteiger partial charge >= 0.3 is 0 Å². The molecular weight excluding hydrogens is 234 g/mol. The maximum absolute atomic E-state index is 12.5. The molecule has 0 radical (unpaired) electrons. The highest BCUT2D eigenvalue weighted by Gasteiger charge is 2.50. The van der Waals surface area contributed by atoms with E-state index < -0.39 is 0 Å². The fourth-order valence-electron chi connectivity index (χ4n) is 3.10. The molecule has 0 atom stereocenters. The largest absolute Gasteiger partial charge is 0.338 e. The third-order valence-corrected chi connectivity index (χ3v) is 4.47. The molecule has 1 aliphatic heterocycles. The molecule has 0 unspecified atom stereocenters. The summed E-state index contributed by atoms with van der Waals surface area (Å²) in [5.74, 6) is 0.306. The molecule has 0 aromatic heterocycles. The van der Waals surface area contributed by atoms with Crippen molar-refractivity contribution in [2.24, 2.45) is 0 Å². The smallest absolute Gasteiger partial charge is 0.233 e. The SMILES string of the molecule is CCN1Cc2ccc(Cl)cc2C2(CCC2)C1=O. The zero-order valence-electron chi connectivity index (χ0n) is 10.0. The molecule has 1 saturated carbocycles. The van der Waals surface area contributed by atoms with Crippen LogP contribution in [0.5, 0.6) is 0 Å². The molecule has 1 heterocycles. The Morgan fingerprint density at radius 2 is 2.18 bits per heavy atom.